The van der Waals surface area contributed by atoms with E-state index in [1.54, 1.807) is 18.3 Å². The van der Waals surface area contributed by atoms with Crippen LogP contribution in [0.15, 0.2) is 96.0 Å². The van der Waals surface area contributed by atoms with E-state index in [-0.39, 0.29) is 17.4 Å². The predicted molar refractivity (Wildman–Crippen MR) is 137 cm³/mol. The zero-order valence-electron chi connectivity index (χ0n) is 19.7. The van der Waals surface area contributed by atoms with Crippen molar-refractivity contribution in [1.82, 2.24) is 4.31 Å². The molecule has 178 valence electrons. The lowest BCUT2D eigenvalue weighted by molar-refractivity contribution is 0.132. The molecule has 34 heavy (non-hydrogen) atoms. The first-order valence-electron chi connectivity index (χ1n) is 12.0. The number of sulfonamides is 1. The fourth-order valence-corrected chi connectivity index (χ4v) is 5.94. The monoisotopic (exact) mass is 475 g/mol. The fraction of sp³-hybridized carbons (Fsp3) is 0.310. The van der Waals surface area contributed by atoms with Crippen molar-refractivity contribution in [2.45, 2.75) is 56.6 Å². The number of aliphatic hydroxyl groups excluding tert-OH is 1. The first-order chi connectivity index (χ1) is 16.4. The minimum Gasteiger partial charge on any atom is -0.388 e. The van der Waals surface area contributed by atoms with E-state index >= 15 is 0 Å². The van der Waals surface area contributed by atoms with E-state index in [9.17, 15) is 13.5 Å². The standard InChI is InChI=1S/C29H33NO3S/c1-23-17-19-27(20-18-23)34(32,33)30(21-24-11-5-2-6-12-24)22-28(25-13-7-3-8-14-25)29(31)26-15-9-4-10-16-26/h2-3,5-8,11-14,17-20,22,26,29,31H,4,9-10,15-16,21H2,1H3/b28-22+/t29-/m1/s1. The molecule has 5 heteroatoms. The molecule has 3 aromatic rings. The Balaban J connectivity index is 1.80. The van der Waals surface area contributed by atoms with Crippen LogP contribution in [-0.2, 0) is 16.6 Å². The van der Waals surface area contributed by atoms with Crippen molar-refractivity contribution in [3.8, 4) is 0 Å². The molecule has 0 radical (unpaired) electrons. The van der Waals surface area contributed by atoms with Gasteiger partial charge in [-0.05, 0) is 48.9 Å². The molecule has 1 fully saturated rings. The zero-order valence-corrected chi connectivity index (χ0v) is 20.5. The number of aryl methyl sites for hydroxylation is 1. The molecule has 0 spiro atoms. The van der Waals surface area contributed by atoms with E-state index in [4.69, 9.17) is 0 Å². The van der Waals surface area contributed by atoms with Crippen LogP contribution in [0.4, 0.5) is 0 Å². The lowest BCUT2D eigenvalue weighted by Crippen LogP contribution is -2.29. The largest absolute Gasteiger partial charge is 0.388 e. The Kier molecular flexibility index (Phi) is 7.86. The van der Waals surface area contributed by atoms with Crippen molar-refractivity contribution in [2.24, 2.45) is 5.92 Å². The normalized spacial score (nSPS) is 16.2. The maximum atomic E-state index is 13.8. The molecule has 0 unspecified atom stereocenters. The third-order valence-electron chi connectivity index (χ3n) is 6.61. The molecule has 0 amide bonds. The Bertz CT molecular complexity index is 1180. The van der Waals surface area contributed by atoms with E-state index in [1.807, 2.05) is 79.7 Å². The summed E-state index contributed by atoms with van der Waals surface area (Å²) in [5.41, 5.74) is 3.38. The topological polar surface area (TPSA) is 57.6 Å². The van der Waals surface area contributed by atoms with Crippen LogP contribution in [-0.4, -0.2) is 23.9 Å². The van der Waals surface area contributed by atoms with Gasteiger partial charge in [0.15, 0.2) is 0 Å². The van der Waals surface area contributed by atoms with Crippen LogP contribution >= 0.6 is 0 Å². The summed E-state index contributed by atoms with van der Waals surface area (Å²) in [5.74, 6) is 0.126. The van der Waals surface area contributed by atoms with Gasteiger partial charge >= 0.3 is 0 Å². The Morgan fingerprint density at radius 2 is 1.50 bits per heavy atom. The highest BCUT2D eigenvalue weighted by molar-refractivity contribution is 7.89. The first-order valence-corrected chi connectivity index (χ1v) is 13.5. The quantitative estimate of drug-likeness (QED) is 0.424. The Hall–Kier alpha value is -2.89. The van der Waals surface area contributed by atoms with Gasteiger partial charge in [0.25, 0.3) is 10.0 Å². The van der Waals surface area contributed by atoms with Crippen LogP contribution in [0.3, 0.4) is 0 Å². The van der Waals surface area contributed by atoms with Crippen LogP contribution in [0.1, 0.15) is 48.8 Å². The molecule has 0 saturated heterocycles. The van der Waals surface area contributed by atoms with Gasteiger partial charge in [-0.1, -0.05) is 97.6 Å². The maximum Gasteiger partial charge on any atom is 0.264 e. The third kappa shape index (κ3) is 5.78. The number of benzene rings is 3. The van der Waals surface area contributed by atoms with E-state index in [0.717, 1.165) is 42.4 Å². The van der Waals surface area contributed by atoms with Gasteiger partial charge in [0, 0.05) is 11.8 Å². The van der Waals surface area contributed by atoms with Gasteiger partial charge in [0.1, 0.15) is 0 Å². The Labute approximate surface area is 203 Å². The third-order valence-corrected chi connectivity index (χ3v) is 8.33. The number of hydrogen-bond donors (Lipinski definition) is 1. The van der Waals surface area contributed by atoms with Crippen molar-refractivity contribution >= 4 is 15.6 Å². The van der Waals surface area contributed by atoms with Crippen molar-refractivity contribution in [3.05, 3.63) is 108 Å². The molecule has 0 aliphatic heterocycles. The molecule has 1 atom stereocenters. The molecular formula is C29H33NO3S. The van der Waals surface area contributed by atoms with Gasteiger partial charge in [-0.2, -0.15) is 0 Å². The summed E-state index contributed by atoms with van der Waals surface area (Å²) in [7, 11) is -3.84. The highest BCUT2D eigenvalue weighted by Gasteiger charge is 2.29. The van der Waals surface area contributed by atoms with Crippen LogP contribution < -0.4 is 0 Å². The maximum absolute atomic E-state index is 13.8. The summed E-state index contributed by atoms with van der Waals surface area (Å²) in [6, 6.07) is 26.2. The van der Waals surface area contributed by atoms with Crippen LogP contribution in [0.2, 0.25) is 0 Å². The van der Waals surface area contributed by atoms with E-state index < -0.39 is 16.1 Å². The molecule has 1 saturated carbocycles. The number of aliphatic hydroxyl groups is 1. The van der Waals surface area contributed by atoms with Crippen molar-refractivity contribution in [1.29, 1.82) is 0 Å². The summed E-state index contributed by atoms with van der Waals surface area (Å²) < 4.78 is 29.0. The highest BCUT2D eigenvalue weighted by atomic mass is 32.2. The molecular weight excluding hydrogens is 442 g/mol. The summed E-state index contributed by atoms with van der Waals surface area (Å²) in [6.45, 7) is 2.12. The Morgan fingerprint density at radius 3 is 2.12 bits per heavy atom. The van der Waals surface area contributed by atoms with E-state index in [0.29, 0.717) is 5.57 Å². The van der Waals surface area contributed by atoms with Crippen LogP contribution in [0.5, 0.6) is 0 Å². The SMILES string of the molecule is Cc1ccc(S(=O)(=O)N(/C=C(\c2ccccc2)[C@H](O)C2CCCCC2)Cc2ccccc2)cc1. The van der Waals surface area contributed by atoms with Crippen molar-refractivity contribution < 1.29 is 13.5 Å². The first kappa shape index (κ1) is 24.2. The summed E-state index contributed by atoms with van der Waals surface area (Å²) >= 11 is 0. The second kappa shape index (κ2) is 11.0. The molecule has 1 aliphatic carbocycles. The highest BCUT2D eigenvalue weighted by Crippen LogP contribution is 2.34. The van der Waals surface area contributed by atoms with E-state index in [2.05, 4.69) is 0 Å². The average molecular weight is 476 g/mol. The molecule has 0 aromatic heterocycles. The second-order valence-electron chi connectivity index (χ2n) is 9.14. The minimum atomic E-state index is -3.84. The molecule has 1 N–H and O–H groups in total. The summed E-state index contributed by atoms with van der Waals surface area (Å²) in [5, 5.41) is 11.5. The average Bonchev–Trinajstić information content (AvgIpc) is 2.88. The van der Waals surface area contributed by atoms with Gasteiger partial charge < -0.3 is 5.11 Å². The number of nitrogens with zero attached hydrogens (tertiary/aromatic N) is 1. The van der Waals surface area contributed by atoms with Gasteiger partial charge in [-0.15, -0.1) is 0 Å². The molecule has 4 rings (SSSR count). The second-order valence-corrected chi connectivity index (χ2v) is 11.0. The number of rotatable bonds is 8. The number of hydrogen-bond acceptors (Lipinski definition) is 3. The molecule has 4 nitrogen and oxygen atoms in total. The molecule has 3 aromatic carbocycles. The van der Waals surface area contributed by atoms with Gasteiger partial charge in [0.05, 0.1) is 17.5 Å². The van der Waals surface area contributed by atoms with Gasteiger partial charge in [0.2, 0.25) is 0 Å². The van der Waals surface area contributed by atoms with E-state index in [1.165, 1.54) is 10.7 Å². The lowest BCUT2D eigenvalue weighted by Gasteiger charge is -2.30. The molecule has 0 bridgehead atoms. The fourth-order valence-electron chi connectivity index (χ4n) is 4.62. The van der Waals surface area contributed by atoms with Crippen LogP contribution in [0.25, 0.3) is 5.57 Å². The van der Waals surface area contributed by atoms with Crippen molar-refractivity contribution in [2.75, 3.05) is 0 Å². The summed E-state index contributed by atoms with van der Waals surface area (Å²) in [4.78, 5) is 0.241. The van der Waals surface area contributed by atoms with Gasteiger partial charge in [-0.25, -0.2) is 8.42 Å². The smallest absolute Gasteiger partial charge is 0.264 e. The van der Waals surface area contributed by atoms with Gasteiger partial charge in [-0.3, -0.25) is 4.31 Å². The van der Waals surface area contributed by atoms with Crippen molar-refractivity contribution in [3.63, 3.8) is 0 Å². The zero-order chi connectivity index (χ0) is 24.0. The predicted octanol–water partition coefficient (Wildman–Crippen LogP) is 6.17. The van der Waals surface area contributed by atoms with Crippen LogP contribution in [0, 0.1) is 12.8 Å². The minimum absolute atomic E-state index is 0.126. The summed E-state index contributed by atoms with van der Waals surface area (Å²) in [6.07, 6.45) is 6.22. The molecule has 0 heterocycles. The Morgan fingerprint density at radius 1 is 0.912 bits per heavy atom. The molecule has 1 aliphatic rings. The lowest BCUT2D eigenvalue weighted by atomic mass is 9.81.